The summed E-state index contributed by atoms with van der Waals surface area (Å²) in [6.45, 7) is 4.35. The summed E-state index contributed by atoms with van der Waals surface area (Å²) in [4.78, 5) is 8.15. The van der Waals surface area contributed by atoms with Crippen LogP contribution in [0.25, 0.3) is 0 Å². The van der Waals surface area contributed by atoms with Gasteiger partial charge in [-0.2, -0.15) is 0 Å². The molecule has 1 aliphatic rings. The first kappa shape index (κ1) is 14.0. The molecule has 0 aliphatic carbocycles. The Morgan fingerprint density at radius 2 is 2.21 bits per heavy atom. The standard InChI is InChI=1S/C13H21N3O3/c1-2-5-19-12-8-11(15-10-16-12)14-9-13(17)3-6-18-7-4-13/h8,10,17H,2-7,9H2,1H3,(H,14,15,16). The van der Waals surface area contributed by atoms with E-state index in [0.29, 0.717) is 50.9 Å². The molecule has 1 fully saturated rings. The van der Waals surface area contributed by atoms with E-state index in [-0.39, 0.29) is 0 Å². The van der Waals surface area contributed by atoms with Crippen LogP contribution >= 0.6 is 0 Å². The Morgan fingerprint density at radius 3 is 2.95 bits per heavy atom. The van der Waals surface area contributed by atoms with E-state index in [0.717, 1.165) is 6.42 Å². The van der Waals surface area contributed by atoms with Gasteiger partial charge in [0, 0.05) is 38.7 Å². The average molecular weight is 267 g/mol. The Kier molecular flexibility index (Phi) is 4.93. The van der Waals surface area contributed by atoms with Crippen LogP contribution in [-0.2, 0) is 4.74 Å². The summed E-state index contributed by atoms with van der Waals surface area (Å²) < 4.78 is 10.7. The first-order valence-electron chi connectivity index (χ1n) is 6.71. The summed E-state index contributed by atoms with van der Waals surface area (Å²) in [5, 5.41) is 13.5. The molecule has 1 aromatic rings. The number of nitrogens with one attached hydrogen (secondary N) is 1. The summed E-state index contributed by atoms with van der Waals surface area (Å²) in [5.74, 6) is 1.22. The number of hydrogen-bond acceptors (Lipinski definition) is 6. The van der Waals surface area contributed by atoms with Gasteiger partial charge in [-0.15, -0.1) is 0 Å². The van der Waals surface area contributed by atoms with Gasteiger partial charge in [0.1, 0.15) is 12.1 Å². The first-order valence-corrected chi connectivity index (χ1v) is 6.71. The normalized spacial score (nSPS) is 18.0. The zero-order valence-corrected chi connectivity index (χ0v) is 11.3. The van der Waals surface area contributed by atoms with Crippen LogP contribution in [0.4, 0.5) is 5.82 Å². The predicted molar refractivity (Wildman–Crippen MR) is 71.3 cm³/mol. The number of rotatable bonds is 6. The topological polar surface area (TPSA) is 76.5 Å². The van der Waals surface area contributed by atoms with Crippen LogP contribution in [0.3, 0.4) is 0 Å². The number of aliphatic hydroxyl groups is 1. The van der Waals surface area contributed by atoms with Crippen LogP contribution in [0.15, 0.2) is 12.4 Å². The Balaban J connectivity index is 1.88. The van der Waals surface area contributed by atoms with Crippen LogP contribution < -0.4 is 10.1 Å². The number of aromatic nitrogens is 2. The van der Waals surface area contributed by atoms with Crippen LogP contribution in [0.5, 0.6) is 5.88 Å². The van der Waals surface area contributed by atoms with Gasteiger partial charge in [0.05, 0.1) is 12.2 Å². The molecule has 1 aromatic heterocycles. The molecule has 1 saturated heterocycles. The second-order valence-corrected chi connectivity index (χ2v) is 4.78. The molecule has 106 valence electrons. The minimum absolute atomic E-state index is 0.459. The van der Waals surface area contributed by atoms with E-state index >= 15 is 0 Å². The van der Waals surface area contributed by atoms with Crippen molar-refractivity contribution in [2.45, 2.75) is 31.8 Å². The van der Waals surface area contributed by atoms with E-state index < -0.39 is 5.60 Å². The SMILES string of the molecule is CCCOc1cc(NCC2(O)CCOCC2)ncn1. The van der Waals surface area contributed by atoms with Crippen LogP contribution in [-0.4, -0.2) is 47.0 Å². The van der Waals surface area contributed by atoms with E-state index in [4.69, 9.17) is 9.47 Å². The molecule has 0 radical (unpaired) electrons. The third kappa shape index (κ3) is 4.33. The fourth-order valence-corrected chi connectivity index (χ4v) is 1.90. The van der Waals surface area contributed by atoms with Crippen LogP contribution in [0.2, 0.25) is 0 Å². The van der Waals surface area contributed by atoms with E-state index in [1.165, 1.54) is 6.33 Å². The van der Waals surface area contributed by atoms with Gasteiger partial charge >= 0.3 is 0 Å². The lowest BCUT2D eigenvalue weighted by molar-refractivity contribution is -0.0543. The molecule has 0 aromatic carbocycles. The van der Waals surface area contributed by atoms with Crippen molar-refractivity contribution in [3.63, 3.8) is 0 Å². The first-order chi connectivity index (χ1) is 9.22. The largest absolute Gasteiger partial charge is 0.478 e. The van der Waals surface area contributed by atoms with Crippen molar-refractivity contribution in [2.75, 3.05) is 31.7 Å². The zero-order chi connectivity index (χ0) is 13.6. The van der Waals surface area contributed by atoms with Gasteiger partial charge in [-0.05, 0) is 6.42 Å². The highest BCUT2D eigenvalue weighted by molar-refractivity contribution is 5.37. The molecule has 0 spiro atoms. The van der Waals surface area contributed by atoms with Gasteiger partial charge in [0.2, 0.25) is 5.88 Å². The molecule has 2 N–H and O–H groups in total. The fraction of sp³-hybridized carbons (Fsp3) is 0.692. The van der Waals surface area contributed by atoms with E-state index in [1.807, 2.05) is 6.92 Å². The van der Waals surface area contributed by atoms with Gasteiger partial charge < -0.3 is 19.9 Å². The molecular formula is C13H21N3O3. The molecule has 0 bridgehead atoms. The fourth-order valence-electron chi connectivity index (χ4n) is 1.90. The Labute approximate surface area is 113 Å². The highest BCUT2D eigenvalue weighted by Crippen LogP contribution is 2.21. The van der Waals surface area contributed by atoms with Crippen LogP contribution in [0.1, 0.15) is 26.2 Å². The summed E-state index contributed by atoms with van der Waals surface area (Å²) in [6.07, 6.45) is 3.68. The summed E-state index contributed by atoms with van der Waals surface area (Å²) in [6, 6.07) is 1.75. The number of nitrogens with zero attached hydrogens (tertiary/aromatic N) is 2. The van der Waals surface area contributed by atoms with E-state index in [2.05, 4.69) is 15.3 Å². The smallest absolute Gasteiger partial charge is 0.218 e. The summed E-state index contributed by atoms with van der Waals surface area (Å²) in [7, 11) is 0. The Bertz CT molecular complexity index is 394. The van der Waals surface area contributed by atoms with Crippen molar-refractivity contribution in [2.24, 2.45) is 0 Å². The Morgan fingerprint density at radius 1 is 1.42 bits per heavy atom. The maximum absolute atomic E-state index is 10.3. The lowest BCUT2D eigenvalue weighted by atomic mass is 9.94. The number of hydrogen-bond donors (Lipinski definition) is 2. The molecule has 0 atom stereocenters. The quantitative estimate of drug-likeness (QED) is 0.807. The minimum Gasteiger partial charge on any atom is -0.478 e. The molecule has 6 heteroatoms. The highest BCUT2D eigenvalue weighted by atomic mass is 16.5. The van der Waals surface area contributed by atoms with Crippen molar-refractivity contribution < 1.29 is 14.6 Å². The van der Waals surface area contributed by atoms with Gasteiger partial charge in [-0.3, -0.25) is 0 Å². The molecule has 1 aliphatic heterocycles. The number of anilines is 1. The zero-order valence-electron chi connectivity index (χ0n) is 11.3. The van der Waals surface area contributed by atoms with E-state index in [9.17, 15) is 5.11 Å². The lowest BCUT2D eigenvalue weighted by Gasteiger charge is -2.32. The maximum Gasteiger partial charge on any atom is 0.218 e. The van der Waals surface area contributed by atoms with E-state index in [1.54, 1.807) is 6.07 Å². The highest BCUT2D eigenvalue weighted by Gasteiger charge is 2.29. The van der Waals surface area contributed by atoms with Gasteiger partial charge in [-0.1, -0.05) is 6.92 Å². The maximum atomic E-state index is 10.3. The minimum atomic E-state index is -0.715. The molecule has 6 nitrogen and oxygen atoms in total. The summed E-state index contributed by atoms with van der Waals surface area (Å²) in [5.41, 5.74) is -0.715. The van der Waals surface area contributed by atoms with Crippen molar-refractivity contribution in [3.05, 3.63) is 12.4 Å². The van der Waals surface area contributed by atoms with Crippen molar-refractivity contribution >= 4 is 5.82 Å². The molecule has 2 rings (SSSR count). The molecule has 0 amide bonds. The lowest BCUT2D eigenvalue weighted by Crippen LogP contribution is -2.42. The second-order valence-electron chi connectivity index (χ2n) is 4.78. The monoisotopic (exact) mass is 267 g/mol. The number of ether oxygens (including phenoxy) is 2. The van der Waals surface area contributed by atoms with Crippen molar-refractivity contribution in [3.8, 4) is 5.88 Å². The van der Waals surface area contributed by atoms with Gasteiger partial charge in [-0.25, -0.2) is 9.97 Å². The third-order valence-electron chi connectivity index (χ3n) is 3.12. The third-order valence-corrected chi connectivity index (χ3v) is 3.12. The molecule has 19 heavy (non-hydrogen) atoms. The predicted octanol–water partition coefficient (Wildman–Crippen LogP) is 1.22. The van der Waals surface area contributed by atoms with Gasteiger partial charge in [0.25, 0.3) is 0 Å². The van der Waals surface area contributed by atoms with Crippen LogP contribution in [0, 0.1) is 0 Å². The van der Waals surface area contributed by atoms with Crippen molar-refractivity contribution in [1.29, 1.82) is 0 Å². The Hall–Kier alpha value is -1.40. The molecule has 2 heterocycles. The van der Waals surface area contributed by atoms with Crippen molar-refractivity contribution in [1.82, 2.24) is 9.97 Å². The molecule has 0 saturated carbocycles. The summed E-state index contributed by atoms with van der Waals surface area (Å²) >= 11 is 0. The average Bonchev–Trinajstić information content (AvgIpc) is 2.44. The van der Waals surface area contributed by atoms with Gasteiger partial charge in [0.15, 0.2) is 0 Å². The molecular weight excluding hydrogens is 246 g/mol. The molecule has 0 unspecified atom stereocenters. The second kappa shape index (κ2) is 6.68.